The third kappa shape index (κ3) is 2.97. The molecule has 1 aromatic heterocycles. The lowest BCUT2D eigenvalue weighted by atomic mass is 9.92. The maximum atomic E-state index is 12.8. The van der Waals surface area contributed by atoms with E-state index in [2.05, 4.69) is 18.8 Å². The van der Waals surface area contributed by atoms with Crippen LogP contribution in [0.3, 0.4) is 0 Å². The van der Waals surface area contributed by atoms with Gasteiger partial charge >= 0.3 is 0 Å². The number of hydrogen-bond donors (Lipinski definition) is 0. The monoisotopic (exact) mass is 282 g/mol. The molecule has 2 rings (SSSR count). The molecule has 0 spiro atoms. The Labute approximate surface area is 126 Å². The Bertz CT molecular complexity index is 648. The van der Waals surface area contributed by atoms with Gasteiger partial charge in [-0.15, -0.1) is 0 Å². The highest BCUT2D eigenvalue weighted by molar-refractivity contribution is 5.95. The summed E-state index contributed by atoms with van der Waals surface area (Å²) in [6.07, 6.45) is 1.67. The zero-order chi connectivity index (χ0) is 15.6. The normalized spacial score (nSPS) is 11.3. The van der Waals surface area contributed by atoms with Crippen molar-refractivity contribution < 1.29 is 4.79 Å². The summed E-state index contributed by atoms with van der Waals surface area (Å²) in [6, 6.07) is 12.0. The summed E-state index contributed by atoms with van der Waals surface area (Å²) in [5.74, 6) is -0.00569. The van der Waals surface area contributed by atoms with E-state index in [1.165, 1.54) is 0 Å². The van der Waals surface area contributed by atoms with Crippen molar-refractivity contribution in [1.29, 1.82) is 0 Å². The molecule has 0 unspecified atom stereocenters. The minimum absolute atomic E-state index is 0.00569. The highest BCUT2D eigenvalue weighted by atomic mass is 16.2. The van der Waals surface area contributed by atoms with Gasteiger partial charge in [0.1, 0.15) is 0 Å². The Hall–Kier alpha value is -2.16. The topological polar surface area (TPSA) is 33.2 Å². The molecule has 0 radical (unpaired) electrons. The maximum Gasteiger partial charge on any atom is 0.256 e. The Kier molecular flexibility index (Phi) is 4.12. The smallest absolute Gasteiger partial charge is 0.256 e. The van der Waals surface area contributed by atoms with E-state index in [9.17, 15) is 4.79 Å². The van der Waals surface area contributed by atoms with Crippen molar-refractivity contribution in [3.8, 4) is 0 Å². The van der Waals surface area contributed by atoms with Crippen LogP contribution in [-0.4, -0.2) is 22.8 Å². The van der Waals surface area contributed by atoms with Gasteiger partial charge in [0.05, 0.1) is 11.1 Å². The van der Waals surface area contributed by atoms with E-state index in [-0.39, 0.29) is 11.4 Å². The van der Waals surface area contributed by atoms with E-state index in [4.69, 9.17) is 0 Å². The number of carbonyl (C=O) groups excluding carboxylic acids is 1. The quantitative estimate of drug-likeness (QED) is 0.860. The van der Waals surface area contributed by atoms with Gasteiger partial charge in [0, 0.05) is 18.9 Å². The van der Waals surface area contributed by atoms with Crippen LogP contribution in [0.2, 0.25) is 0 Å². The molecule has 1 heterocycles. The number of aromatic nitrogens is 1. The maximum absolute atomic E-state index is 12.8. The van der Waals surface area contributed by atoms with Crippen LogP contribution in [0, 0.1) is 13.8 Å². The first kappa shape index (κ1) is 15.2. The third-order valence-electron chi connectivity index (χ3n) is 4.10. The van der Waals surface area contributed by atoms with Gasteiger partial charge in [0.15, 0.2) is 0 Å². The number of benzene rings is 1. The van der Waals surface area contributed by atoms with E-state index < -0.39 is 0 Å². The number of nitrogens with zero attached hydrogens (tertiary/aromatic N) is 2. The van der Waals surface area contributed by atoms with Crippen molar-refractivity contribution in [2.75, 3.05) is 7.05 Å². The summed E-state index contributed by atoms with van der Waals surface area (Å²) < 4.78 is 0. The van der Waals surface area contributed by atoms with Crippen LogP contribution in [0.1, 0.15) is 41.0 Å². The molecule has 3 heteroatoms. The van der Waals surface area contributed by atoms with Gasteiger partial charge in [-0.3, -0.25) is 9.78 Å². The number of carbonyl (C=O) groups is 1. The summed E-state index contributed by atoms with van der Waals surface area (Å²) in [7, 11) is 1.84. The van der Waals surface area contributed by atoms with Gasteiger partial charge < -0.3 is 4.90 Å². The number of amides is 1. The first-order valence-electron chi connectivity index (χ1n) is 7.11. The molecular formula is C18H22N2O. The van der Waals surface area contributed by atoms with Crippen molar-refractivity contribution in [2.24, 2.45) is 0 Å². The van der Waals surface area contributed by atoms with Crippen LogP contribution in [0.4, 0.5) is 0 Å². The second kappa shape index (κ2) is 5.68. The number of pyridine rings is 1. The third-order valence-corrected chi connectivity index (χ3v) is 4.10. The van der Waals surface area contributed by atoms with Crippen LogP contribution in [0.5, 0.6) is 0 Å². The fourth-order valence-electron chi connectivity index (χ4n) is 2.39. The second-order valence-electron chi connectivity index (χ2n) is 5.93. The standard InChI is InChI=1S/C18H22N2O/c1-13-11-14(2)19-12-16(13)17(21)20(5)18(3,4)15-9-7-6-8-10-15/h6-12H,1-5H3. The van der Waals surface area contributed by atoms with Crippen molar-refractivity contribution >= 4 is 5.91 Å². The molecule has 0 saturated heterocycles. The minimum Gasteiger partial charge on any atom is -0.332 e. The van der Waals surface area contributed by atoms with E-state index in [0.29, 0.717) is 5.56 Å². The van der Waals surface area contributed by atoms with Crippen molar-refractivity contribution in [1.82, 2.24) is 9.88 Å². The van der Waals surface area contributed by atoms with E-state index in [0.717, 1.165) is 16.8 Å². The van der Waals surface area contributed by atoms with Gasteiger partial charge in [-0.25, -0.2) is 0 Å². The predicted molar refractivity (Wildman–Crippen MR) is 85.3 cm³/mol. The predicted octanol–water partition coefficient (Wildman–Crippen LogP) is 3.71. The SMILES string of the molecule is Cc1cc(C)c(C(=O)N(C)C(C)(C)c2ccccc2)cn1. The summed E-state index contributed by atoms with van der Waals surface area (Å²) in [4.78, 5) is 18.8. The molecule has 0 aliphatic rings. The van der Waals surface area contributed by atoms with Crippen LogP contribution in [0.25, 0.3) is 0 Å². The Balaban J connectivity index is 2.34. The number of aryl methyl sites for hydroxylation is 2. The average Bonchev–Trinajstić information content (AvgIpc) is 2.46. The molecule has 110 valence electrons. The molecule has 0 bridgehead atoms. The van der Waals surface area contributed by atoms with Gasteiger partial charge in [0.25, 0.3) is 5.91 Å². The first-order valence-corrected chi connectivity index (χ1v) is 7.11. The highest BCUT2D eigenvalue weighted by Gasteiger charge is 2.30. The molecule has 0 atom stereocenters. The molecule has 0 fully saturated rings. The van der Waals surface area contributed by atoms with Crippen molar-refractivity contribution in [3.05, 3.63) is 65.0 Å². The van der Waals surface area contributed by atoms with Gasteiger partial charge in [-0.05, 0) is 44.9 Å². The highest BCUT2D eigenvalue weighted by Crippen LogP contribution is 2.28. The largest absolute Gasteiger partial charge is 0.332 e. The van der Waals surface area contributed by atoms with E-state index >= 15 is 0 Å². The molecule has 3 nitrogen and oxygen atoms in total. The fourth-order valence-corrected chi connectivity index (χ4v) is 2.39. The lowest BCUT2D eigenvalue weighted by Crippen LogP contribution is -2.43. The molecule has 1 aromatic carbocycles. The van der Waals surface area contributed by atoms with Crippen molar-refractivity contribution in [3.63, 3.8) is 0 Å². The average molecular weight is 282 g/mol. The van der Waals surface area contributed by atoms with Crippen molar-refractivity contribution in [2.45, 2.75) is 33.2 Å². The molecule has 0 aliphatic carbocycles. The molecule has 0 N–H and O–H groups in total. The zero-order valence-electron chi connectivity index (χ0n) is 13.3. The van der Waals surface area contributed by atoms with Crippen LogP contribution in [-0.2, 0) is 5.54 Å². The summed E-state index contributed by atoms with van der Waals surface area (Å²) in [6.45, 7) is 7.98. The zero-order valence-corrected chi connectivity index (χ0v) is 13.3. The van der Waals surface area contributed by atoms with Crippen LogP contribution in [0.15, 0.2) is 42.6 Å². The Morgan fingerprint density at radius 2 is 1.76 bits per heavy atom. The molecule has 1 amide bonds. The Morgan fingerprint density at radius 3 is 2.33 bits per heavy atom. The van der Waals surface area contributed by atoms with Crippen LogP contribution >= 0.6 is 0 Å². The lowest BCUT2D eigenvalue weighted by Gasteiger charge is -2.36. The molecule has 0 aliphatic heterocycles. The summed E-state index contributed by atoms with van der Waals surface area (Å²) in [5.41, 5.74) is 3.28. The second-order valence-corrected chi connectivity index (χ2v) is 5.93. The summed E-state index contributed by atoms with van der Waals surface area (Å²) in [5, 5.41) is 0. The van der Waals surface area contributed by atoms with Gasteiger partial charge in [-0.2, -0.15) is 0 Å². The molecule has 21 heavy (non-hydrogen) atoms. The number of hydrogen-bond acceptors (Lipinski definition) is 2. The first-order chi connectivity index (χ1) is 9.84. The lowest BCUT2D eigenvalue weighted by molar-refractivity contribution is 0.0621. The molecular weight excluding hydrogens is 260 g/mol. The number of rotatable bonds is 3. The van der Waals surface area contributed by atoms with Gasteiger partial charge in [0.2, 0.25) is 0 Å². The van der Waals surface area contributed by atoms with Crippen LogP contribution < -0.4 is 0 Å². The molecule has 0 saturated carbocycles. The Morgan fingerprint density at radius 1 is 1.14 bits per heavy atom. The summed E-state index contributed by atoms with van der Waals surface area (Å²) >= 11 is 0. The van der Waals surface area contributed by atoms with E-state index in [1.807, 2.05) is 57.3 Å². The van der Waals surface area contributed by atoms with E-state index in [1.54, 1.807) is 11.1 Å². The fraction of sp³-hybridized carbons (Fsp3) is 0.333. The van der Waals surface area contributed by atoms with Gasteiger partial charge in [-0.1, -0.05) is 30.3 Å². The minimum atomic E-state index is -0.379. The molecule has 2 aromatic rings.